The average molecular weight is 332 g/mol. The molecule has 0 radical (unpaired) electrons. The van der Waals surface area contributed by atoms with E-state index in [0.717, 1.165) is 24.1 Å². The number of carbonyl (C=O) groups excluding carboxylic acids is 2. The van der Waals surface area contributed by atoms with Crippen molar-refractivity contribution in [3.63, 3.8) is 0 Å². The van der Waals surface area contributed by atoms with Gasteiger partial charge < -0.3 is 19.3 Å². The summed E-state index contributed by atoms with van der Waals surface area (Å²) >= 11 is 0. The highest BCUT2D eigenvalue weighted by atomic mass is 16.5. The van der Waals surface area contributed by atoms with E-state index in [9.17, 15) is 9.59 Å². The van der Waals surface area contributed by atoms with Gasteiger partial charge in [-0.2, -0.15) is 0 Å². The van der Waals surface area contributed by atoms with E-state index in [1.165, 1.54) is 0 Å². The van der Waals surface area contributed by atoms with Crippen LogP contribution in [0.25, 0.3) is 0 Å². The van der Waals surface area contributed by atoms with Gasteiger partial charge in [0.2, 0.25) is 5.91 Å². The second-order valence-electron chi connectivity index (χ2n) is 6.42. The fourth-order valence-electron chi connectivity index (χ4n) is 3.67. The van der Waals surface area contributed by atoms with E-state index in [-0.39, 0.29) is 24.0 Å². The zero-order valence-corrected chi connectivity index (χ0v) is 14.4. The molecular formula is C18H24N2O4. The number of anilines is 1. The highest BCUT2D eigenvalue weighted by Crippen LogP contribution is 2.30. The summed E-state index contributed by atoms with van der Waals surface area (Å²) in [6.07, 6.45) is 1.63. The largest absolute Gasteiger partial charge is 0.383 e. The Kier molecular flexibility index (Phi) is 4.87. The van der Waals surface area contributed by atoms with Crippen LogP contribution in [0.4, 0.5) is 5.69 Å². The number of nitrogens with zero attached hydrogens (tertiary/aromatic N) is 2. The van der Waals surface area contributed by atoms with Crippen LogP contribution in [0, 0.1) is 0 Å². The Morgan fingerprint density at radius 1 is 1.29 bits per heavy atom. The van der Waals surface area contributed by atoms with Crippen LogP contribution in [0.5, 0.6) is 0 Å². The molecule has 6 heteroatoms. The van der Waals surface area contributed by atoms with Crippen LogP contribution in [0.15, 0.2) is 18.2 Å². The van der Waals surface area contributed by atoms with Crippen LogP contribution in [0.1, 0.15) is 29.3 Å². The summed E-state index contributed by atoms with van der Waals surface area (Å²) in [7, 11) is 3.32. The van der Waals surface area contributed by atoms with Gasteiger partial charge in [0.25, 0.3) is 5.91 Å². The molecule has 3 rings (SSSR count). The normalized spacial score (nSPS) is 22.8. The minimum Gasteiger partial charge on any atom is -0.383 e. The first-order valence-electron chi connectivity index (χ1n) is 8.29. The van der Waals surface area contributed by atoms with Crippen molar-refractivity contribution in [2.75, 3.05) is 38.8 Å². The zero-order valence-electron chi connectivity index (χ0n) is 14.4. The number of benzene rings is 1. The van der Waals surface area contributed by atoms with E-state index in [1.807, 2.05) is 23.1 Å². The third-order valence-corrected chi connectivity index (χ3v) is 4.93. The van der Waals surface area contributed by atoms with Crippen molar-refractivity contribution in [2.24, 2.45) is 0 Å². The Bertz CT molecular complexity index is 646. The van der Waals surface area contributed by atoms with E-state index in [2.05, 4.69) is 0 Å². The molecule has 1 aromatic rings. The van der Waals surface area contributed by atoms with E-state index in [0.29, 0.717) is 25.3 Å². The number of methoxy groups -OCH3 is 2. The number of hydrogen-bond acceptors (Lipinski definition) is 4. The smallest absolute Gasteiger partial charge is 0.254 e. The topological polar surface area (TPSA) is 59.1 Å². The van der Waals surface area contributed by atoms with Crippen molar-refractivity contribution in [3.05, 3.63) is 29.3 Å². The average Bonchev–Trinajstić information content (AvgIpc) is 3.17. The molecule has 130 valence electrons. The number of fused-ring (bicyclic) bond motifs is 1. The molecule has 0 unspecified atom stereocenters. The molecule has 0 bridgehead atoms. The minimum absolute atomic E-state index is 0.000625. The maximum absolute atomic E-state index is 12.9. The van der Waals surface area contributed by atoms with Gasteiger partial charge in [-0.1, -0.05) is 0 Å². The molecule has 1 aromatic carbocycles. The molecule has 2 heterocycles. The van der Waals surface area contributed by atoms with Gasteiger partial charge in [0.1, 0.15) is 0 Å². The third kappa shape index (κ3) is 3.03. The lowest BCUT2D eigenvalue weighted by Gasteiger charge is -2.24. The first-order chi connectivity index (χ1) is 11.5. The maximum Gasteiger partial charge on any atom is 0.254 e. The van der Waals surface area contributed by atoms with Crippen molar-refractivity contribution >= 4 is 17.5 Å². The van der Waals surface area contributed by atoms with Gasteiger partial charge in [-0.15, -0.1) is 0 Å². The molecule has 0 aliphatic carbocycles. The summed E-state index contributed by atoms with van der Waals surface area (Å²) in [6, 6.07) is 5.65. The van der Waals surface area contributed by atoms with Crippen molar-refractivity contribution in [1.29, 1.82) is 0 Å². The van der Waals surface area contributed by atoms with Crippen LogP contribution in [0.3, 0.4) is 0 Å². The van der Waals surface area contributed by atoms with Crippen molar-refractivity contribution in [3.8, 4) is 0 Å². The molecule has 0 spiro atoms. The van der Waals surface area contributed by atoms with Gasteiger partial charge in [-0.3, -0.25) is 9.59 Å². The second kappa shape index (κ2) is 6.91. The van der Waals surface area contributed by atoms with Crippen molar-refractivity contribution < 1.29 is 19.1 Å². The van der Waals surface area contributed by atoms with E-state index < -0.39 is 0 Å². The van der Waals surface area contributed by atoms with Crippen LogP contribution in [0.2, 0.25) is 0 Å². The summed E-state index contributed by atoms with van der Waals surface area (Å²) in [4.78, 5) is 28.2. The van der Waals surface area contributed by atoms with Crippen molar-refractivity contribution in [1.82, 2.24) is 4.90 Å². The molecular weight excluding hydrogens is 308 g/mol. The summed E-state index contributed by atoms with van der Waals surface area (Å²) in [5.74, 6) is 0.0381. The van der Waals surface area contributed by atoms with Gasteiger partial charge in [-0.25, -0.2) is 0 Å². The molecule has 2 aliphatic heterocycles. The summed E-state index contributed by atoms with van der Waals surface area (Å²) in [5.41, 5.74) is 2.64. The Labute approximate surface area is 142 Å². The molecule has 2 aliphatic rings. The lowest BCUT2D eigenvalue weighted by molar-refractivity contribution is -0.116. The number of ether oxygens (including phenoxy) is 2. The third-order valence-electron chi connectivity index (χ3n) is 4.93. The predicted molar refractivity (Wildman–Crippen MR) is 90.3 cm³/mol. The molecule has 0 N–H and O–H groups in total. The Balaban J connectivity index is 1.81. The van der Waals surface area contributed by atoms with Crippen LogP contribution < -0.4 is 4.90 Å². The van der Waals surface area contributed by atoms with E-state index in [4.69, 9.17) is 9.47 Å². The molecule has 1 saturated heterocycles. The summed E-state index contributed by atoms with van der Waals surface area (Å²) in [5, 5.41) is 0. The van der Waals surface area contributed by atoms with Crippen LogP contribution in [-0.4, -0.2) is 62.8 Å². The number of likely N-dealkylation sites (tertiary alicyclic amines) is 1. The first kappa shape index (κ1) is 16.9. The number of amides is 2. The molecule has 2 atom stereocenters. The SMILES string of the molecule is COC[C@@H]1C[C@@H](OC)CN1C(=O)c1ccc2c(c1)CCN2C(C)=O. The van der Waals surface area contributed by atoms with Crippen LogP contribution >= 0.6 is 0 Å². The molecule has 6 nitrogen and oxygen atoms in total. The lowest BCUT2D eigenvalue weighted by Crippen LogP contribution is -2.38. The predicted octanol–water partition coefficient (Wildman–Crippen LogP) is 1.47. The Morgan fingerprint density at radius 3 is 2.75 bits per heavy atom. The maximum atomic E-state index is 12.9. The fraction of sp³-hybridized carbons (Fsp3) is 0.556. The van der Waals surface area contributed by atoms with Crippen LogP contribution in [-0.2, 0) is 20.7 Å². The lowest BCUT2D eigenvalue weighted by atomic mass is 10.1. The van der Waals surface area contributed by atoms with Gasteiger partial charge >= 0.3 is 0 Å². The number of carbonyl (C=O) groups is 2. The summed E-state index contributed by atoms with van der Waals surface area (Å²) < 4.78 is 10.7. The van der Waals surface area contributed by atoms with Gasteiger partial charge in [-0.05, 0) is 36.6 Å². The fourth-order valence-corrected chi connectivity index (χ4v) is 3.67. The van der Waals surface area contributed by atoms with Crippen molar-refractivity contribution in [2.45, 2.75) is 31.9 Å². The molecule has 0 saturated carbocycles. The molecule has 2 amide bonds. The minimum atomic E-state index is 0.000625. The second-order valence-corrected chi connectivity index (χ2v) is 6.42. The summed E-state index contributed by atoms with van der Waals surface area (Å²) in [6.45, 7) is 3.34. The standard InChI is InChI=1S/C18H24N2O4/c1-12(21)19-7-6-13-8-14(4-5-17(13)19)18(22)20-10-16(24-3)9-15(20)11-23-2/h4-5,8,15-16H,6-7,9-11H2,1-3H3/t15-,16+/m0/s1. The Morgan fingerprint density at radius 2 is 2.08 bits per heavy atom. The van der Waals surface area contributed by atoms with E-state index >= 15 is 0 Å². The first-order valence-corrected chi connectivity index (χ1v) is 8.29. The van der Waals surface area contributed by atoms with Gasteiger partial charge in [0, 0.05) is 45.5 Å². The number of rotatable bonds is 4. The highest BCUT2D eigenvalue weighted by Gasteiger charge is 2.36. The van der Waals surface area contributed by atoms with E-state index in [1.54, 1.807) is 26.0 Å². The zero-order chi connectivity index (χ0) is 17.3. The number of hydrogen-bond donors (Lipinski definition) is 0. The molecule has 1 fully saturated rings. The quantitative estimate of drug-likeness (QED) is 0.838. The Hall–Kier alpha value is -1.92. The monoisotopic (exact) mass is 332 g/mol. The van der Waals surface area contributed by atoms with Gasteiger partial charge in [0.15, 0.2) is 0 Å². The highest BCUT2D eigenvalue weighted by molar-refractivity contribution is 5.98. The molecule has 24 heavy (non-hydrogen) atoms. The molecule has 0 aromatic heterocycles. The van der Waals surface area contributed by atoms with Gasteiger partial charge in [0.05, 0.1) is 18.8 Å².